The molecule has 1 aromatic heterocycles. The molecule has 0 saturated heterocycles. The lowest BCUT2D eigenvalue weighted by Crippen LogP contribution is -2.26. The van der Waals surface area contributed by atoms with Crippen LogP contribution in [-0.2, 0) is 0 Å². The monoisotopic (exact) mass is 329 g/mol. The minimum Gasteiger partial charge on any atom is -0.255 e. The molecule has 1 saturated carbocycles. The highest BCUT2D eigenvalue weighted by Crippen LogP contribution is 2.48. The van der Waals surface area contributed by atoms with Gasteiger partial charge >= 0.3 is 0 Å². The summed E-state index contributed by atoms with van der Waals surface area (Å²) in [6.45, 7) is 4.90. The van der Waals surface area contributed by atoms with Gasteiger partial charge in [0.25, 0.3) is 0 Å². The molecule has 1 atom stereocenters. The van der Waals surface area contributed by atoms with E-state index in [9.17, 15) is 0 Å². The van der Waals surface area contributed by atoms with Gasteiger partial charge in [0.05, 0.1) is 5.69 Å². The minimum atomic E-state index is 0.400. The first-order valence-corrected chi connectivity index (χ1v) is 9.62. The van der Waals surface area contributed by atoms with Crippen LogP contribution in [0.15, 0.2) is 60.8 Å². The maximum atomic E-state index is 4.92. The molecule has 1 aliphatic carbocycles. The van der Waals surface area contributed by atoms with Gasteiger partial charge in [-0.05, 0) is 35.1 Å². The van der Waals surface area contributed by atoms with Crippen molar-refractivity contribution in [2.75, 3.05) is 0 Å². The topological polar surface area (TPSA) is 12.9 Å². The highest BCUT2D eigenvalue weighted by Gasteiger charge is 2.34. The average Bonchev–Trinajstić information content (AvgIpc) is 2.68. The zero-order valence-electron chi connectivity index (χ0n) is 15.3. The van der Waals surface area contributed by atoms with Crippen molar-refractivity contribution in [1.82, 2.24) is 4.98 Å². The molecule has 128 valence electrons. The molecule has 0 bridgehead atoms. The lowest BCUT2D eigenvalue weighted by atomic mass is 9.65. The number of fused-ring (bicyclic) bond motifs is 1. The summed E-state index contributed by atoms with van der Waals surface area (Å²) in [7, 11) is 0. The zero-order chi connectivity index (χ0) is 17.3. The van der Waals surface area contributed by atoms with Gasteiger partial charge < -0.3 is 0 Å². The van der Waals surface area contributed by atoms with Crippen molar-refractivity contribution in [2.45, 2.75) is 51.9 Å². The number of nitrogens with zero attached hydrogens (tertiary/aromatic N) is 1. The normalized spacial score (nSPS) is 18.2. The third kappa shape index (κ3) is 2.97. The first kappa shape index (κ1) is 16.3. The second kappa shape index (κ2) is 6.63. The van der Waals surface area contributed by atoms with Crippen LogP contribution in [0, 0.1) is 5.41 Å². The highest BCUT2D eigenvalue weighted by atomic mass is 14.7. The molecule has 1 unspecified atom stereocenters. The molecule has 2 aromatic carbocycles. The molecule has 0 radical (unpaired) electrons. The first-order valence-electron chi connectivity index (χ1n) is 9.62. The van der Waals surface area contributed by atoms with E-state index >= 15 is 0 Å². The van der Waals surface area contributed by atoms with Crippen LogP contribution < -0.4 is 0 Å². The molecular formula is C24H27N. The van der Waals surface area contributed by atoms with Crippen LogP contribution in [-0.4, -0.2) is 4.98 Å². The van der Waals surface area contributed by atoms with E-state index in [1.165, 1.54) is 54.0 Å². The van der Waals surface area contributed by atoms with Gasteiger partial charge in [0, 0.05) is 17.1 Å². The average molecular weight is 329 g/mol. The van der Waals surface area contributed by atoms with Gasteiger partial charge in [-0.3, -0.25) is 4.98 Å². The summed E-state index contributed by atoms with van der Waals surface area (Å²) < 4.78 is 0. The highest BCUT2D eigenvalue weighted by molar-refractivity contribution is 5.96. The van der Waals surface area contributed by atoms with Crippen LogP contribution in [0.1, 0.15) is 57.4 Å². The summed E-state index contributed by atoms with van der Waals surface area (Å²) in [5.74, 6) is 0.537. The molecule has 4 rings (SSSR count). The quantitative estimate of drug-likeness (QED) is 0.505. The van der Waals surface area contributed by atoms with Gasteiger partial charge in [-0.2, -0.15) is 0 Å². The predicted octanol–water partition coefficient (Wildman–Crippen LogP) is 6.98. The van der Waals surface area contributed by atoms with Crippen LogP contribution in [0.4, 0.5) is 0 Å². The number of hydrogen-bond donors (Lipinski definition) is 0. The van der Waals surface area contributed by atoms with Crippen LogP contribution >= 0.6 is 0 Å². The maximum absolute atomic E-state index is 4.92. The largest absolute Gasteiger partial charge is 0.255 e. The SMILES string of the molecule is CC(c1cnc(-c2ccccc2)c2ccccc12)C1(C)CCCCC1. The third-order valence-electron chi connectivity index (χ3n) is 6.38. The van der Waals surface area contributed by atoms with Gasteiger partial charge in [-0.25, -0.2) is 0 Å². The number of rotatable bonds is 3. The standard InChI is InChI=1S/C24H27N/c1-18(24(2)15-9-4-10-16-24)22-17-25-23(19-11-5-3-6-12-19)21-14-8-7-13-20(21)22/h3,5-8,11-14,17-18H,4,9-10,15-16H2,1-2H3. The summed E-state index contributed by atoms with van der Waals surface area (Å²) in [6, 6.07) is 19.3. The molecule has 3 aromatic rings. The Bertz CT molecular complexity index is 860. The van der Waals surface area contributed by atoms with Gasteiger partial charge in [0.1, 0.15) is 0 Å². The second-order valence-corrected chi connectivity index (χ2v) is 7.91. The molecule has 1 aliphatic rings. The van der Waals surface area contributed by atoms with Crippen LogP contribution in [0.3, 0.4) is 0 Å². The van der Waals surface area contributed by atoms with E-state index < -0.39 is 0 Å². The number of hydrogen-bond acceptors (Lipinski definition) is 1. The molecule has 0 amide bonds. The van der Waals surface area contributed by atoms with Gasteiger partial charge in [-0.1, -0.05) is 87.7 Å². The Hall–Kier alpha value is -2.15. The Morgan fingerprint density at radius 2 is 1.48 bits per heavy atom. The zero-order valence-corrected chi connectivity index (χ0v) is 15.3. The van der Waals surface area contributed by atoms with E-state index in [4.69, 9.17) is 4.98 Å². The molecule has 1 nitrogen and oxygen atoms in total. The third-order valence-corrected chi connectivity index (χ3v) is 6.38. The van der Waals surface area contributed by atoms with Gasteiger partial charge in [0.2, 0.25) is 0 Å². The van der Waals surface area contributed by atoms with Crippen molar-refractivity contribution in [2.24, 2.45) is 5.41 Å². The lowest BCUT2D eigenvalue weighted by molar-refractivity contribution is 0.177. The minimum absolute atomic E-state index is 0.400. The first-order chi connectivity index (χ1) is 12.2. The van der Waals surface area contributed by atoms with Crippen molar-refractivity contribution in [3.8, 4) is 11.3 Å². The summed E-state index contributed by atoms with van der Waals surface area (Å²) in [5.41, 5.74) is 4.11. The van der Waals surface area contributed by atoms with Crippen LogP contribution in [0.25, 0.3) is 22.0 Å². The molecule has 1 heterocycles. The number of pyridine rings is 1. The van der Waals surface area contributed by atoms with E-state index in [-0.39, 0.29) is 0 Å². The Labute approximate surface area is 151 Å². The van der Waals surface area contributed by atoms with Crippen molar-refractivity contribution >= 4 is 10.8 Å². The van der Waals surface area contributed by atoms with E-state index in [0.29, 0.717) is 11.3 Å². The number of aromatic nitrogens is 1. The summed E-state index contributed by atoms with van der Waals surface area (Å²) >= 11 is 0. The molecule has 1 heteroatoms. The number of benzene rings is 2. The fraction of sp³-hybridized carbons (Fsp3) is 0.375. The van der Waals surface area contributed by atoms with E-state index in [1.54, 1.807) is 0 Å². The van der Waals surface area contributed by atoms with Crippen molar-refractivity contribution in [1.29, 1.82) is 0 Å². The van der Waals surface area contributed by atoms with E-state index in [1.807, 2.05) is 0 Å². The Kier molecular flexibility index (Phi) is 4.33. The Balaban J connectivity index is 1.84. The Morgan fingerprint density at radius 1 is 0.840 bits per heavy atom. The maximum Gasteiger partial charge on any atom is 0.0780 e. The molecule has 0 aliphatic heterocycles. The smallest absolute Gasteiger partial charge is 0.0780 e. The van der Waals surface area contributed by atoms with Crippen molar-refractivity contribution in [3.05, 3.63) is 66.4 Å². The van der Waals surface area contributed by atoms with Gasteiger partial charge in [0.15, 0.2) is 0 Å². The predicted molar refractivity (Wildman–Crippen MR) is 107 cm³/mol. The molecule has 25 heavy (non-hydrogen) atoms. The fourth-order valence-corrected chi connectivity index (χ4v) is 4.55. The van der Waals surface area contributed by atoms with Crippen molar-refractivity contribution in [3.63, 3.8) is 0 Å². The summed E-state index contributed by atoms with van der Waals surface area (Å²) in [4.78, 5) is 4.92. The lowest BCUT2D eigenvalue weighted by Gasteiger charge is -2.39. The van der Waals surface area contributed by atoms with Crippen LogP contribution in [0.5, 0.6) is 0 Å². The molecule has 0 spiro atoms. The molecule has 1 fully saturated rings. The van der Waals surface area contributed by atoms with Gasteiger partial charge in [-0.15, -0.1) is 0 Å². The van der Waals surface area contributed by atoms with E-state index in [0.717, 1.165) is 5.69 Å². The summed E-state index contributed by atoms with van der Waals surface area (Å²) in [5, 5.41) is 2.65. The summed E-state index contributed by atoms with van der Waals surface area (Å²) in [6.07, 6.45) is 8.96. The fourth-order valence-electron chi connectivity index (χ4n) is 4.55. The molecular weight excluding hydrogens is 302 g/mol. The Morgan fingerprint density at radius 3 is 2.20 bits per heavy atom. The van der Waals surface area contributed by atoms with Crippen molar-refractivity contribution < 1.29 is 0 Å². The molecule has 0 N–H and O–H groups in total. The van der Waals surface area contributed by atoms with Crippen LogP contribution in [0.2, 0.25) is 0 Å². The van der Waals surface area contributed by atoms with E-state index in [2.05, 4.69) is 74.6 Å². The second-order valence-electron chi connectivity index (χ2n) is 7.91.